The molecule has 1 aliphatic heterocycles. The van der Waals surface area contributed by atoms with Gasteiger partial charge in [0.15, 0.2) is 0 Å². The molecule has 2 unspecified atom stereocenters. The summed E-state index contributed by atoms with van der Waals surface area (Å²) in [6.07, 6.45) is 0.593. The lowest BCUT2D eigenvalue weighted by atomic mass is 10.1. The fraction of sp³-hybridized carbons (Fsp3) is 0.500. The van der Waals surface area contributed by atoms with Crippen LogP contribution in [0.5, 0.6) is 5.75 Å². The van der Waals surface area contributed by atoms with E-state index in [2.05, 4.69) is 18.7 Å². The minimum Gasteiger partial charge on any atom is -0.491 e. The molecule has 0 aromatic heterocycles. The molecule has 0 amide bonds. The second-order valence-electron chi connectivity index (χ2n) is 6.57. The first-order valence-corrected chi connectivity index (χ1v) is 9.27. The van der Waals surface area contributed by atoms with E-state index in [1.54, 1.807) is 0 Å². The van der Waals surface area contributed by atoms with Crippen molar-refractivity contribution < 1.29 is 14.2 Å². The monoisotopic (exact) mass is 363 g/mol. The molecule has 25 heavy (non-hydrogen) atoms. The minimum absolute atomic E-state index is 0.297. The van der Waals surface area contributed by atoms with Gasteiger partial charge in [-0.2, -0.15) is 0 Å². The van der Waals surface area contributed by atoms with Crippen LogP contribution in [0.2, 0.25) is 5.02 Å². The first kappa shape index (κ1) is 18.5. The molecule has 0 spiro atoms. The second-order valence-corrected chi connectivity index (χ2v) is 6.98. The molecule has 4 nitrogen and oxygen atoms in total. The van der Waals surface area contributed by atoms with E-state index < -0.39 is 0 Å². The second kappa shape index (κ2) is 8.86. The van der Waals surface area contributed by atoms with Crippen molar-refractivity contribution in [2.75, 3.05) is 39.5 Å². The number of hydrogen-bond donors (Lipinski definition) is 0. The molecule has 0 aliphatic carbocycles. The highest BCUT2D eigenvalue weighted by Gasteiger charge is 2.21. The highest BCUT2D eigenvalue weighted by molar-refractivity contribution is 6.35. The molecule has 0 saturated carbocycles. The van der Waals surface area contributed by atoms with E-state index >= 15 is 0 Å². The molecule has 1 aliphatic rings. The molecule has 2 aromatic rings. The Kier molecular flexibility index (Phi) is 6.54. The Morgan fingerprint density at radius 2 is 1.72 bits per heavy atom. The van der Waals surface area contributed by atoms with Crippen molar-refractivity contribution in [3.8, 4) is 5.75 Å². The van der Waals surface area contributed by atoms with Crippen LogP contribution in [0.3, 0.4) is 0 Å². The number of hydrogen-bond acceptors (Lipinski definition) is 4. The van der Waals surface area contributed by atoms with Crippen LogP contribution in [-0.2, 0) is 9.47 Å². The molecule has 1 saturated heterocycles. The Bertz CT molecular complexity index is 684. The van der Waals surface area contributed by atoms with Gasteiger partial charge in [0.2, 0.25) is 0 Å². The van der Waals surface area contributed by atoms with E-state index in [0.717, 1.165) is 41.2 Å². The maximum Gasteiger partial charge on any atom is 0.127 e. The SMILES string of the molecule is CC1CN(CCOCCOc2ccc(Cl)c3ccccc23)CC(C)O1. The quantitative estimate of drug-likeness (QED) is 0.696. The zero-order valence-electron chi connectivity index (χ0n) is 14.9. The summed E-state index contributed by atoms with van der Waals surface area (Å²) in [5, 5.41) is 2.79. The average molecular weight is 364 g/mol. The molecular weight excluding hydrogens is 338 g/mol. The highest BCUT2D eigenvalue weighted by Crippen LogP contribution is 2.31. The summed E-state index contributed by atoms with van der Waals surface area (Å²) in [6, 6.07) is 11.8. The predicted molar refractivity (Wildman–Crippen MR) is 102 cm³/mol. The number of halogens is 1. The van der Waals surface area contributed by atoms with Gasteiger partial charge in [-0.15, -0.1) is 0 Å². The Morgan fingerprint density at radius 3 is 2.48 bits per heavy atom. The zero-order valence-corrected chi connectivity index (χ0v) is 15.7. The number of nitrogens with zero attached hydrogens (tertiary/aromatic N) is 1. The van der Waals surface area contributed by atoms with Gasteiger partial charge in [-0.25, -0.2) is 0 Å². The fourth-order valence-electron chi connectivity index (χ4n) is 3.33. The lowest BCUT2D eigenvalue weighted by molar-refractivity contribution is -0.0734. The van der Waals surface area contributed by atoms with Gasteiger partial charge >= 0.3 is 0 Å². The summed E-state index contributed by atoms with van der Waals surface area (Å²) < 4.78 is 17.4. The molecule has 1 heterocycles. The molecule has 1 fully saturated rings. The number of fused-ring (bicyclic) bond motifs is 1. The van der Waals surface area contributed by atoms with Gasteiger partial charge < -0.3 is 14.2 Å². The third kappa shape index (κ3) is 5.08. The Balaban J connectivity index is 1.40. The van der Waals surface area contributed by atoms with Crippen molar-refractivity contribution in [1.29, 1.82) is 0 Å². The molecule has 2 aromatic carbocycles. The number of ether oxygens (including phenoxy) is 3. The third-order valence-corrected chi connectivity index (χ3v) is 4.69. The van der Waals surface area contributed by atoms with Crippen LogP contribution in [0.25, 0.3) is 10.8 Å². The van der Waals surface area contributed by atoms with Gasteiger partial charge in [0.1, 0.15) is 12.4 Å². The third-order valence-electron chi connectivity index (χ3n) is 4.36. The molecule has 0 bridgehead atoms. The van der Waals surface area contributed by atoms with Crippen molar-refractivity contribution in [1.82, 2.24) is 4.90 Å². The van der Waals surface area contributed by atoms with Crippen LogP contribution < -0.4 is 4.74 Å². The van der Waals surface area contributed by atoms with Crippen LogP contribution in [-0.4, -0.2) is 56.6 Å². The minimum atomic E-state index is 0.297. The topological polar surface area (TPSA) is 30.9 Å². The Labute approximate surface area is 154 Å². The lowest BCUT2D eigenvalue weighted by Gasteiger charge is -2.35. The maximum atomic E-state index is 6.23. The molecule has 136 valence electrons. The van der Waals surface area contributed by atoms with E-state index in [1.807, 2.05) is 36.4 Å². The smallest absolute Gasteiger partial charge is 0.127 e. The Hall–Kier alpha value is -1.33. The van der Waals surface area contributed by atoms with Crippen molar-refractivity contribution in [3.05, 3.63) is 41.4 Å². The summed E-state index contributed by atoms with van der Waals surface area (Å²) in [5.74, 6) is 0.847. The van der Waals surface area contributed by atoms with E-state index in [1.165, 1.54) is 0 Å². The molecule has 2 atom stereocenters. The van der Waals surface area contributed by atoms with Gasteiger partial charge in [0.05, 0.1) is 25.4 Å². The van der Waals surface area contributed by atoms with Gasteiger partial charge in [0.25, 0.3) is 0 Å². The van der Waals surface area contributed by atoms with Crippen LogP contribution >= 0.6 is 11.6 Å². The van der Waals surface area contributed by atoms with Gasteiger partial charge in [0, 0.05) is 35.4 Å². The molecule has 0 N–H and O–H groups in total. The first-order chi connectivity index (χ1) is 12.1. The number of morpholine rings is 1. The summed E-state index contributed by atoms with van der Waals surface area (Å²) in [6.45, 7) is 8.93. The van der Waals surface area contributed by atoms with Crippen LogP contribution in [0.15, 0.2) is 36.4 Å². The molecule has 3 rings (SSSR count). The normalized spacial score (nSPS) is 21.6. The predicted octanol–water partition coefficient (Wildman–Crippen LogP) is 4.00. The van der Waals surface area contributed by atoms with E-state index in [4.69, 9.17) is 25.8 Å². The summed E-state index contributed by atoms with van der Waals surface area (Å²) in [7, 11) is 0. The van der Waals surface area contributed by atoms with E-state index in [-0.39, 0.29) is 0 Å². The number of benzene rings is 2. The van der Waals surface area contributed by atoms with Crippen LogP contribution in [0.4, 0.5) is 0 Å². The van der Waals surface area contributed by atoms with Crippen molar-refractivity contribution in [2.24, 2.45) is 0 Å². The van der Waals surface area contributed by atoms with Crippen molar-refractivity contribution in [3.63, 3.8) is 0 Å². The highest BCUT2D eigenvalue weighted by atomic mass is 35.5. The van der Waals surface area contributed by atoms with Crippen molar-refractivity contribution >= 4 is 22.4 Å². The first-order valence-electron chi connectivity index (χ1n) is 8.89. The van der Waals surface area contributed by atoms with Crippen LogP contribution in [0.1, 0.15) is 13.8 Å². The summed E-state index contributed by atoms with van der Waals surface area (Å²) >= 11 is 6.23. The maximum absolute atomic E-state index is 6.23. The number of rotatable bonds is 7. The Morgan fingerprint density at radius 1 is 1.00 bits per heavy atom. The zero-order chi connectivity index (χ0) is 17.6. The molecule has 0 radical (unpaired) electrons. The van der Waals surface area contributed by atoms with Crippen molar-refractivity contribution in [2.45, 2.75) is 26.1 Å². The fourth-order valence-corrected chi connectivity index (χ4v) is 3.56. The largest absolute Gasteiger partial charge is 0.491 e. The lowest BCUT2D eigenvalue weighted by Crippen LogP contribution is -2.46. The summed E-state index contributed by atoms with van der Waals surface area (Å²) in [5.41, 5.74) is 0. The van der Waals surface area contributed by atoms with Gasteiger partial charge in [-0.05, 0) is 26.0 Å². The standard InChI is InChI=1S/C20H26ClNO3/c1-15-13-22(14-16(2)25-15)9-10-23-11-12-24-20-8-7-19(21)17-5-3-4-6-18(17)20/h3-8,15-16H,9-14H2,1-2H3. The summed E-state index contributed by atoms with van der Waals surface area (Å²) in [4.78, 5) is 2.40. The van der Waals surface area contributed by atoms with E-state index in [9.17, 15) is 0 Å². The van der Waals surface area contributed by atoms with Crippen LogP contribution in [0, 0.1) is 0 Å². The average Bonchev–Trinajstić information content (AvgIpc) is 2.59. The van der Waals surface area contributed by atoms with Gasteiger partial charge in [-0.3, -0.25) is 4.90 Å². The molecular formula is C20H26ClNO3. The molecule has 5 heteroatoms. The van der Waals surface area contributed by atoms with Gasteiger partial charge in [-0.1, -0.05) is 35.9 Å². The van der Waals surface area contributed by atoms with E-state index in [0.29, 0.717) is 32.0 Å².